The van der Waals surface area contributed by atoms with Crippen LogP contribution in [-0.4, -0.2) is 37.7 Å². The van der Waals surface area contributed by atoms with Crippen LogP contribution in [0.15, 0.2) is 24.3 Å². The number of benzene rings is 1. The number of hydrogen-bond acceptors (Lipinski definition) is 3. The van der Waals surface area contributed by atoms with Crippen molar-refractivity contribution < 1.29 is 4.74 Å². The smallest absolute Gasteiger partial charge is 0.118 e. The molecule has 3 saturated heterocycles. The minimum absolute atomic E-state index is 0. The molecule has 1 aromatic carbocycles. The first kappa shape index (κ1) is 17.6. The molecule has 1 atom stereocenters. The van der Waals surface area contributed by atoms with Crippen LogP contribution >= 0.6 is 24.8 Å². The van der Waals surface area contributed by atoms with E-state index in [4.69, 9.17) is 4.74 Å². The van der Waals surface area contributed by atoms with Gasteiger partial charge in [0.2, 0.25) is 0 Å². The summed E-state index contributed by atoms with van der Waals surface area (Å²) in [7, 11) is 1.71. The first-order valence-corrected chi connectivity index (χ1v) is 6.94. The molecule has 4 rings (SSSR count). The van der Waals surface area contributed by atoms with E-state index < -0.39 is 0 Å². The maximum atomic E-state index is 5.18. The van der Waals surface area contributed by atoms with E-state index in [0.29, 0.717) is 6.04 Å². The Morgan fingerprint density at radius 1 is 1.15 bits per heavy atom. The van der Waals surface area contributed by atoms with Gasteiger partial charge in [0.05, 0.1) is 7.11 Å². The molecule has 3 aliphatic rings. The molecular formula is C15H24Cl2N2O. The zero-order chi connectivity index (χ0) is 12.4. The molecule has 0 radical (unpaired) electrons. The Balaban J connectivity index is 0.000001000. The maximum Gasteiger partial charge on any atom is 0.118 e. The van der Waals surface area contributed by atoms with Crippen LogP contribution in [0.25, 0.3) is 0 Å². The monoisotopic (exact) mass is 318 g/mol. The molecule has 5 heteroatoms. The van der Waals surface area contributed by atoms with Crippen LogP contribution in [-0.2, 0) is 6.54 Å². The van der Waals surface area contributed by atoms with E-state index in [0.717, 1.165) is 18.2 Å². The van der Waals surface area contributed by atoms with Crippen LogP contribution in [0, 0.1) is 5.92 Å². The average molecular weight is 319 g/mol. The second-order valence-electron chi connectivity index (χ2n) is 5.47. The molecule has 3 fully saturated rings. The van der Waals surface area contributed by atoms with Crippen LogP contribution in [0.3, 0.4) is 0 Å². The minimum atomic E-state index is 0. The van der Waals surface area contributed by atoms with E-state index in [-0.39, 0.29) is 24.8 Å². The molecule has 1 N–H and O–H groups in total. The Hall–Kier alpha value is -0.480. The average Bonchev–Trinajstić information content (AvgIpc) is 2.47. The number of hydrogen-bond donors (Lipinski definition) is 1. The van der Waals surface area contributed by atoms with Gasteiger partial charge < -0.3 is 15.0 Å². The number of piperidine rings is 3. The SMILES string of the molecule is COc1ccc(CNC2CN3CCC2CC3)cc1.Cl.Cl. The zero-order valence-corrected chi connectivity index (χ0v) is 13.5. The summed E-state index contributed by atoms with van der Waals surface area (Å²) in [6, 6.07) is 9.05. The quantitative estimate of drug-likeness (QED) is 0.923. The Kier molecular flexibility index (Phi) is 7.10. The van der Waals surface area contributed by atoms with E-state index in [9.17, 15) is 0 Å². The number of halogens is 2. The van der Waals surface area contributed by atoms with E-state index in [1.807, 2.05) is 12.1 Å². The molecule has 1 unspecified atom stereocenters. The summed E-state index contributed by atoms with van der Waals surface area (Å²) in [6.45, 7) is 4.83. The highest BCUT2D eigenvalue weighted by molar-refractivity contribution is 5.85. The van der Waals surface area contributed by atoms with Gasteiger partial charge in [0.1, 0.15) is 5.75 Å². The molecule has 2 bridgehead atoms. The topological polar surface area (TPSA) is 24.5 Å². The van der Waals surface area contributed by atoms with E-state index >= 15 is 0 Å². The molecule has 0 spiro atoms. The van der Waals surface area contributed by atoms with E-state index in [1.165, 1.54) is 38.0 Å². The summed E-state index contributed by atoms with van der Waals surface area (Å²) in [5.74, 6) is 1.83. The predicted octanol–water partition coefficient (Wildman–Crippen LogP) is 2.72. The third-order valence-corrected chi connectivity index (χ3v) is 4.38. The molecule has 0 aliphatic carbocycles. The van der Waals surface area contributed by atoms with Crippen molar-refractivity contribution in [1.82, 2.24) is 10.2 Å². The van der Waals surface area contributed by atoms with Gasteiger partial charge in [-0.3, -0.25) is 0 Å². The Morgan fingerprint density at radius 3 is 2.30 bits per heavy atom. The number of nitrogens with one attached hydrogen (secondary N) is 1. The van der Waals surface area contributed by atoms with Crippen molar-refractivity contribution in [2.75, 3.05) is 26.7 Å². The second-order valence-corrected chi connectivity index (χ2v) is 5.47. The highest BCUT2D eigenvalue weighted by Gasteiger charge is 2.33. The van der Waals surface area contributed by atoms with Crippen molar-refractivity contribution in [2.45, 2.75) is 25.4 Å². The van der Waals surface area contributed by atoms with Crippen LogP contribution in [0.1, 0.15) is 18.4 Å². The van der Waals surface area contributed by atoms with Crippen molar-refractivity contribution in [3.05, 3.63) is 29.8 Å². The standard InChI is InChI=1S/C15H22N2O.2ClH/c1-18-14-4-2-12(3-5-14)10-16-15-11-17-8-6-13(15)7-9-17;;/h2-5,13,15-16H,6-11H2,1H3;2*1H. The fraction of sp³-hybridized carbons (Fsp3) is 0.600. The molecule has 114 valence electrons. The summed E-state index contributed by atoms with van der Waals surface area (Å²) in [5.41, 5.74) is 1.34. The third-order valence-electron chi connectivity index (χ3n) is 4.38. The largest absolute Gasteiger partial charge is 0.497 e. The van der Waals surface area contributed by atoms with Gasteiger partial charge in [-0.15, -0.1) is 24.8 Å². The number of fused-ring (bicyclic) bond motifs is 3. The Bertz CT molecular complexity index is 391. The van der Waals surface area contributed by atoms with Gasteiger partial charge in [0.15, 0.2) is 0 Å². The van der Waals surface area contributed by atoms with Crippen LogP contribution in [0.2, 0.25) is 0 Å². The van der Waals surface area contributed by atoms with Gasteiger partial charge in [0, 0.05) is 19.1 Å². The third kappa shape index (κ3) is 4.01. The first-order chi connectivity index (χ1) is 8.85. The molecule has 3 nitrogen and oxygen atoms in total. The zero-order valence-electron chi connectivity index (χ0n) is 11.9. The van der Waals surface area contributed by atoms with Crippen molar-refractivity contribution in [1.29, 1.82) is 0 Å². The number of nitrogens with zero attached hydrogens (tertiary/aromatic N) is 1. The maximum absolute atomic E-state index is 5.18. The van der Waals surface area contributed by atoms with Crippen LogP contribution < -0.4 is 10.1 Å². The number of methoxy groups -OCH3 is 1. The summed E-state index contributed by atoms with van der Waals surface area (Å²) in [5, 5.41) is 3.72. The molecule has 0 aromatic heterocycles. The van der Waals surface area contributed by atoms with Crippen LogP contribution in [0.4, 0.5) is 0 Å². The summed E-state index contributed by atoms with van der Waals surface area (Å²) < 4.78 is 5.18. The Labute approximate surface area is 133 Å². The van der Waals surface area contributed by atoms with E-state index in [2.05, 4.69) is 22.3 Å². The van der Waals surface area contributed by atoms with Crippen LogP contribution in [0.5, 0.6) is 5.75 Å². The molecule has 20 heavy (non-hydrogen) atoms. The van der Waals surface area contributed by atoms with Crippen molar-refractivity contribution in [3.63, 3.8) is 0 Å². The van der Waals surface area contributed by atoms with Gasteiger partial charge >= 0.3 is 0 Å². The second kappa shape index (κ2) is 8.08. The molecular weight excluding hydrogens is 295 g/mol. The number of ether oxygens (including phenoxy) is 1. The highest BCUT2D eigenvalue weighted by Crippen LogP contribution is 2.27. The van der Waals surface area contributed by atoms with Gasteiger partial charge in [0.25, 0.3) is 0 Å². The van der Waals surface area contributed by atoms with Gasteiger partial charge in [-0.2, -0.15) is 0 Å². The minimum Gasteiger partial charge on any atom is -0.497 e. The number of rotatable bonds is 4. The van der Waals surface area contributed by atoms with Gasteiger partial charge in [-0.25, -0.2) is 0 Å². The lowest BCUT2D eigenvalue weighted by Gasteiger charge is -2.45. The van der Waals surface area contributed by atoms with Crippen molar-refractivity contribution in [3.8, 4) is 5.75 Å². The van der Waals surface area contributed by atoms with Crippen molar-refractivity contribution in [2.24, 2.45) is 5.92 Å². The van der Waals surface area contributed by atoms with Gasteiger partial charge in [-0.05, 0) is 49.5 Å². The highest BCUT2D eigenvalue weighted by atomic mass is 35.5. The lowest BCUT2D eigenvalue weighted by Crippen LogP contribution is -2.55. The summed E-state index contributed by atoms with van der Waals surface area (Å²) in [6.07, 6.45) is 2.75. The Morgan fingerprint density at radius 2 is 1.80 bits per heavy atom. The fourth-order valence-electron chi connectivity index (χ4n) is 3.19. The predicted molar refractivity (Wildman–Crippen MR) is 87.3 cm³/mol. The van der Waals surface area contributed by atoms with Gasteiger partial charge in [-0.1, -0.05) is 12.1 Å². The molecule has 1 aromatic rings. The van der Waals surface area contributed by atoms with E-state index in [1.54, 1.807) is 7.11 Å². The normalized spacial score (nSPS) is 27.4. The lowest BCUT2D eigenvalue weighted by atomic mass is 9.84. The first-order valence-electron chi connectivity index (χ1n) is 6.94. The molecule has 3 heterocycles. The fourth-order valence-corrected chi connectivity index (χ4v) is 3.19. The summed E-state index contributed by atoms with van der Waals surface area (Å²) in [4.78, 5) is 2.59. The molecule has 3 aliphatic heterocycles. The summed E-state index contributed by atoms with van der Waals surface area (Å²) >= 11 is 0. The molecule has 0 saturated carbocycles. The lowest BCUT2D eigenvalue weighted by molar-refractivity contribution is 0.0720. The van der Waals surface area contributed by atoms with Crippen molar-refractivity contribution >= 4 is 24.8 Å². The molecule has 0 amide bonds.